The van der Waals surface area contributed by atoms with Gasteiger partial charge in [-0.15, -0.1) is 0 Å². The molecule has 4 heteroatoms. The molecule has 1 aromatic rings. The number of carbonyl (C=O) groups is 1. The average Bonchev–Trinajstić information content (AvgIpc) is 2.10. The minimum Gasteiger partial charge on any atom is -0.321 e. The maximum Gasteiger partial charge on any atom is 0.182 e. The van der Waals surface area contributed by atoms with E-state index in [1.54, 1.807) is 13.8 Å². The monoisotopic (exact) mass is 259 g/mol. The van der Waals surface area contributed by atoms with Gasteiger partial charge in [0.25, 0.3) is 0 Å². The van der Waals surface area contributed by atoms with Gasteiger partial charge in [-0.05, 0) is 31.5 Å². The molecule has 2 N–H and O–H groups in total. The Morgan fingerprint density at radius 2 is 2.14 bits per heavy atom. The lowest BCUT2D eigenvalue weighted by Gasteiger charge is -2.07. The lowest BCUT2D eigenvalue weighted by atomic mass is 10.0. The van der Waals surface area contributed by atoms with Crippen LogP contribution in [-0.4, -0.2) is 11.8 Å². The van der Waals surface area contributed by atoms with Gasteiger partial charge in [0.15, 0.2) is 5.78 Å². The molecule has 0 saturated carbocycles. The molecule has 0 saturated heterocycles. The van der Waals surface area contributed by atoms with Gasteiger partial charge in [0.05, 0.1) is 11.6 Å². The normalized spacial score (nSPS) is 12.6. The van der Waals surface area contributed by atoms with E-state index in [9.17, 15) is 9.18 Å². The summed E-state index contributed by atoms with van der Waals surface area (Å²) in [5.74, 6) is -0.914. The Morgan fingerprint density at radius 3 is 2.64 bits per heavy atom. The topological polar surface area (TPSA) is 43.1 Å². The zero-order valence-corrected chi connectivity index (χ0v) is 9.56. The van der Waals surface area contributed by atoms with Crippen molar-refractivity contribution in [3.63, 3.8) is 0 Å². The lowest BCUT2D eigenvalue weighted by Crippen LogP contribution is -2.27. The van der Waals surface area contributed by atoms with Gasteiger partial charge in [-0.1, -0.05) is 15.9 Å². The van der Waals surface area contributed by atoms with E-state index in [1.807, 2.05) is 0 Å². The zero-order chi connectivity index (χ0) is 10.9. The van der Waals surface area contributed by atoms with Crippen molar-refractivity contribution in [2.75, 3.05) is 0 Å². The molecule has 0 aliphatic heterocycles. The van der Waals surface area contributed by atoms with Gasteiger partial charge in [0, 0.05) is 4.47 Å². The summed E-state index contributed by atoms with van der Waals surface area (Å²) in [7, 11) is 0. The summed E-state index contributed by atoms with van der Waals surface area (Å²) in [4.78, 5) is 11.4. The molecular formula is C10H11BrFNO. The quantitative estimate of drug-likeness (QED) is 0.830. The van der Waals surface area contributed by atoms with Crippen molar-refractivity contribution in [1.29, 1.82) is 0 Å². The first kappa shape index (κ1) is 11.3. The van der Waals surface area contributed by atoms with E-state index in [0.29, 0.717) is 4.47 Å². The van der Waals surface area contributed by atoms with E-state index in [2.05, 4.69) is 15.9 Å². The fourth-order valence-corrected chi connectivity index (χ4v) is 1.41. The van der Waals surface area contributed by atoms with Crippen molar-refractivity contribution >= 4 is 21.7 Å². The SMILES string of the molecule is Cc1cc(C(=O)C(C)N)c(F)cc1Br. The molecule has 0 fully saturated rings. The molecular weight excluding hydrogens is 249 g/mol. The van der Waals surface area contributed by atoms with Crippen LogP contribution in [0.3, 0.4) is 0 Å². The molecule has 1 unspecified atom stereocenters. The largest absolute Gasteiger partial charge is 0.321 e. The standard InChI is InChI=1S/C10H11BrFNO/c1-5-3-7(10(14)6(2)13)9(12)4-8(5)11/h3-4,6H,13H2,1-2H3. The number of carbonyl (C=O) groups excluding carboxylic acids is 1. The summed E-state index contributed by atoms with van der Waals surface area (Å²) in [5.41, 5.74) is 6.27. The van der Waals surface area contributed by atoms with Crippen LogP contribution in [0, 0.1) is 12.7 Å². The van der Waals surface area contributed by atoms with Crippen LogP contribution >= 0.6 is 15.9 Å². The van der Waals surface area contributed by atoms with Gasteiger partial charge in [-0.25, -0.2) is 4.39 Å². The van der Waals surface area contributed by atoms with Gasteiger partial charge in [-0.3, -0.25) is 4.79 Å². The molecule has 0 spiro atoms. The Labute approximate surface area is 90.4 Å². The second kappa shape index (κ2) is 4.19. The van der Waals surface area contributed by atoms with E-state index >= 15 is 0 Å². The maximum absolute atomic E-state index is 13.3. The number of aryl methyl sites for hydroxylation is 1. The van der Waals surface area contributed by atoms with E-state index < -0.39 is 11.9 Å². The summed E-state index contributed by atoms with van der Waals surface area (Å²) in [6.45, 7) is 3.33. The lowest BCUT2D eigenvalue weighted by molar-refractivity contribution is 0.0964. The molecule has 1 atom stereocenters. The maximum atomic E-state index is 13.3. The molecule has 2 nitrogen and oxygen atoms in total. The predicted octanol–water partition coefficient (Wildman–Crippen LogP) is 2.43. The summed E-state index contributed by atoms with van der Waals surface area (Å²) < 4.78 is 14.0. The first-order chi connectivity index (χ1) is 6.43. The Balaban J connectivity index is 3.22. The molecule has 0 bridgehead atoms. The minimum absolute atomic E-state index is 0.0562. The van der Waals surface area contributed by atoms with Gasteiger partial charge < -0.3 is 5.73 Å². The number of rotatable bonds is 2. The van der Waals surface area contributed by atoms with Crippen LogP contribution < -0.4 is 5.73 Å². The highest BCUT2D eigenvalue weighted by atomic mass is 79.9. The van der Waals surface area contributed by atoms with Crippen LogP contribution in [0.4, 0.5) is 4.39 Å². The molecule has 1 rings (SSSR count). The van der Waals surface area contributed by atoms with Crippen molar-refractivity contribution in [3.8, 4) is 0 Å². The van der Waals surface area contributed by atoms with Gasteiger partial charge in [0.2, 0.25) is 0 Å². The Hall–Kier alpha value is -0.740. The van der Waals surface area contributed by atoms with Crippen molar-refractivity contribution < 1.29 is 9.18 Å². The van der Waals surface area contributed by atoms with Crippen LogP contribution in [0.1, 0.15) is 22.8 Å². The molecule has 0 amide bonds. The second-order valence-corrected chi connectivity index (χ2v) is 4.09. The van der Waals surface area contributed by atoms with Gasteiger partial charge in [0.1, 0.15) is 5.82 Å². The highest BCUT2D eigenvalue weighted by molar-refractivity contribution is 9.10. The van der Waals surface area contributed by atoms with Crippen molar-refractivity contribution in [3.05, 3.63) is 33.5 Å². The summed E-state index contributed by atoms with van der Waals surface area (Å²) in [6.07, 6.45) is 0. The predicted molar refractivity (Wildman–Crippen MR) is 56.8 cm³/mol. The third-order valence-corrected chi connectivity index (χ3v) is 2.78. The zero-order valence-electron chi connectivity index (χ0n) is 7.97. The summed E-state index contributed by atoms with van der Waals surface area (Å²) in [5, 5.41) is 0. The molecule has 1 aromatic carbocycles. The molecule has 0 radical (unpaired) electrons. The summed E-state index contributed by atoms with van der Waals surface area (Å²) >= 11 is 3.18. The van der Waals surface area contributed by atoms with Crippen LogP contribution in [0.2, 0.25) is 0 Å². The third-order valence-electron chi connectivity index (χ3n) is 1.93. The highest BCUT2D eigenvalue weighted by Crippen LogP contribution is 2.21. The number of hydrogen-bond donors (Lipinski definition) is 1. The molecule has 0 aliphatic carbocycles. The van der Waals surface area contributed by atoms with E-state index in [-0.39, 0.29) is 11.3 Å². The highest BCUT2D eigenvalue weighted by Gasteiger charge is 2.16. The average molecular weight is 260 g/mol. The molecule has 0 aromatic heterocycles. The van der Waals surface area contributed by atoms with E-state index in [0.717, 1.165) is 5.56 Å². The number of hydrogen-bond acceptors (Lipinski definition) is 2. The van der Waals surface area contributed by atoms with Crippen LogP contribution in [-0.2, 0) is 0 Å². The number of Topliss-reactive ketones (excluding diaryl/α,β-unsaturated/α-hetero) is 1. The third kappa shape index (κ3) is 2.19. The minimum atomic E-state index is -0.676. The van der Waals surface area contributed by atoms with Gasteiger partial charge >= 0.3 is 0 Å². The fourth-order valence-electron chi connectivity index (χ4n) is 1.09. The van der Waals surface area contributed by atoms with Crippen molar-refractivity contribution in [2.45, 2.75) is 19.9 Å². The Kier molecular flexibility index (Phi) is 3.39. The van der Waals surface area contributed by atoms with Crippen LogP contribution in [0.25, 0.3) is 0 Å². The summed E-state index contributed by atoms with van der Waals surface area (Å²) in [6, 6.07) is 2.11. The number of halogens is 2. The number of nitrogens with two attached hydrogens (primary N) is 1. The second-order valence-electron chi connectivity index (χ2n) is 3.23. The first-order valence-corrected chi connectivity index (χ1v) is 4.98. The molecule has 0 heterocycles. The van der Waals surface area contributed by atoms with Gasteiger partial charge in [-0.2, -0.15) is 0 Å². The van der Waals surface area contributed by atoms with E-state index in [1.165, 1.54) is 12.1 Å². The van der Waals surface area contributed by atoms with Crippen LogP contribution in [0.5, 0.6) is 0 Å². The number of ketones is 1. The fraction of sp³-hybridized carbons (Fsp3) is 0.300. The molecule has 76 valence electrons. The smallest absolute Gasteiger partial charge is 0.182 e. The first-order valence-electron chi connectivity index (χ1n) is 4.19. The van der Waals surface area contributed by atoms with E-state index in [4.69, 9.17) is 5.73 Å². The van der Waals surface area contributed by atoms with Crippen LogP contribution in [0.15, 0.2) is 16.6 Å². The Bertz CT molecular complexity index is 377. The van der Waals surface area contributed by atoms with Crippen molar-refractivity contribution in [2.24, 2.45) is 5.73 Å². The van der Waals surface area contributed by atoms with Crippen molar-refractivity contribution in [1.82, 2.24) is 0 Å². The molecule has 14 heavy (non-hydrogen) atoms. The number of benzene rings is 1. The molecule has 0 aliphatic rings. The Morgan fingerprint density at radius 1 is 1.57 bits per heavy atom.